The van der Waals surface area contributed by atoms with E-state index in [1.165, 1.54) is 6.42 Å². The van der Waals surface area contributed by atoms with Gasteiger partial charge in [-0.05, 0) is 63.2 Å². The zero-order valence-electron chi connectivity index (χ0n) is 15.8. The average molecular weight is 335 g/mol. The summed E-state index contributed by atoms with van der Waals surface area (Å²) in [5.41, 5.74) is 0.170. The molecule has 0 spiro atoms. The van der Waals surface area contributed by atoms with Crippen LogP contribution >= 0.6 is 0 Å². The molecule has 5 atom stereocenters. The molecule has 2 aliphatic carbocycles. The number of carbonyl (C=O) groups excluding carboxylic acids is 1. The largest absolute Gasteiger partial charge is 0.353 e. The van der Waals surface area contributed by atoms with Crippen molar-refractivity contribution in [3.05, 3.63) is 12.2 Å². The SMILES string of the molecule is CON1C2C[C@@H]3C[C@@]1(C)C[C@H](C2)C3NC(=O)C/C=C/CCC(C)C. The number of allylic oxidation sites excluding steroid dienone is 1. The number of rotatable bonds is 7. The Morgan fingerprint density at radius 2 is 1.96 bits per heavy atom. The van der Waals surface area contributed by atoms with Gasteiger partial charge in [-0.1, -0.05) is 26.0 Å². The molecule has 4 fully saturated rings. The molecule has 24 heavy (non-hydrogen) atoms. The summed E-state index contributed by atoms with van der Waals surface area (Å²) in [7, 11) is 1.80. The minimum atomic E-state index is 0.170. The van der Waals surface area contributed by atoms with Crippen molar-refractivity contribution in [3.8, 4) is 0 Å². The molecule has 0 aromatic heterocycles. The summed E-state index contributed by atoms with van der Waals surface area (Å²) < 4.78 is 0. The summed E-state index contributed by atoms with van der Waals surface area (Å²) in [6.07, 6.45) is 11.6. The van der Waals surface area contributed by atoms with E-state index in [0.29, 0.717) is 30.3 Å². The number of carbonyl (C=O) groups is 1. The van der Waals surface area contributed by atoms with Crippen molar-refractivity contribution in [2.45, 2.75) is 83.3 Å². The van der Waals surface area contributed by atoms with Crippen LogP contribution in [0.1, 0.15) is 65.7 Å². The van der Waals surface area contributed by atoms with Crippen LogP contribution in [0.5, 0.6) is 0 Å². The van der Waals surface area contributed by atoms with Crippen molar-refractivity contribution in [1.82, 2.24) is 10.4 Å². The van der Waals surface area contributed by atoms with Crippen molar-refractivity contribution < 1.29 is 9.63 Å². The van der Waals surface area contributed by atoms with E-state index in [9.17, 15) is 4.79 Å². The molecule has 1 N–H and O–H groups in total. The first-order chi connectivity index (χ1) is 11.4. The van der Waals surface area contributed by atoms with Crippen LogP contribution in [0.4, 0.5) is 0 Å². The molecule has 2 aliphatic heterocycles. The molecule has 4 heteroatoms. The Kier molecular flexibility index (Phi) is 5.36. The molecule has 2 saturated carbocycles. The fraction of sp³-hybridized carbons (Fsp3) is 0.850. The monoisotopic (exact) mass is 334 g/mol. The van der Waals surface area contributed by atoms with Crippen LogP contribution < -0.4 is 5.32 Å². The molecule has 136 valence electrons. The summed E-state index contributed by atoms with van der Waals surface area (Å²) >= 11 is 0. The van der Waals surface area contributed by atoms with Gasteiger partial charge in [0.15, 0.2) is 0 Å². The Morgan fingerprint density at radius 1 is 1.29 bits per heavy atom. The van der Waals surface area contributed by atoms with Gasteiger partial charge in [0, 0.05) is 24.0 Å². The van der Waals surface area contributed by atoms with Crippen molar-refractivity contribution in [3.63, 3.8) is 0 Å². The van der Waals surface area contributed by atoms with Crippen LogP contribution in [-0.2, 0) is 9.63 Å². The molecule has 2 saturated heterocycles. The highest BCUT2D eigenvalue weighted by atomic mass is 16.7. The molecule has 0 aromatic rings. The van der Waals surface area contributed by atoms with E-state index in [4.69, 9.17) is 4.84 Å². The van der Waals surface area contributed by atoms with Gasteiger partial charge >= 0.3 is 0 Å². The van der Waals surface area contributed by atoms with E-state index in [1.807, 2.05) is 6.08 Å². The van der Waals surface area contributed by atoms with E-state index < -0.39 is 0 Å². The van der Waals surface area contributed by atoms with Gasteiger partial charge in [0.2, 0.25) is 5.91 Å². The normalized spacial score (nSPS) is 38.4. The fourth-order valence-electron chi connectivity index (χ4n) is 5.51. The smallest absolute Gasteiger partial charge is 0.224 e. The Hall–Kier alpha value is -0.870. The number of amides is 1. The summed E-state index contributed by atoms with van der Waals surface area (Å²) in [4.78, 5) is 18.0. The molecule has 0 aromatic carbocycles. The molecule has 4 rings (SSSR count). The van der Waals surface area contributed by atoms with Crippen LogP contribution in [0.3, 0.4) is 0 Å². The predicted molar refractivity (Wildman–Crippen MR) is 96.2 cm³/mol. The molecule has 4 bridgehead atoms. The third-order valence-corrected chi connectivity index (χ3v) is 6.34. The second-order valence-corrected chi connectivity index (χ2v) is 8.80. The molecular weight excluding hydrogens is 300 g/mol. The maximum absolute atomic E-state index is 12.3. The number of nitrogens with zero attached hydrogens (tertiary/aromatic N) is 1. The molecule has 1 amide bonds. The van der Waals surface area contributed by atoms with Crippen LogP contribution in [0, 0.1) is 17.8 Å². The topological polar surface area (TPSA) is 41.6 Å². The number of hydrogen-bond donors (Lipinski definition) is 1. The third kappa shape index (κ3) is 3.55. The summed E-state index contributed by atoms with van der Waals surface area (Å²) in [6, 6.07) is 0.923. The van der Waals surface area contributed by atoms with Gasteiger partial charge in [-0.3, -0.25) is 4.79 Å². The van der Waals surface area contributed by atoms with Crippen molar-refractivity contribution in [1.29, 1.82) is 0 Å². The molecule has 2 unspecified atom stereocenters. The van der Waals surface area contributed by atoms with Gasteiger partial charge < -0.3 is 10.2 Å². The van der Waals surface area contributed by atoms with Crippen LogP contribution in [0.2, 0.25) is 0 Å². The van der Waals surface area contributed by atoms with Crippen molar-refractivity contribution >= 4 is 5.91 Å². The maximum atomic E-state index is 12.3. The second kappa shape index (κ2) is 7.17. The Bertz CT molecular complexity index is 472. The number of hydrogen-bond acceptors (Lipinski definition) is 3. The van der Waals surface area contributed by atoms with Crippen LogP contribution in [-0.4, -0.2) is 35.7 Å². The van der Waals surface area contributed by atoms with E-state index in [-0.39, 0.29) is 11.4 Å². The maximum Gasteiger partial charge on any atom is 0.224 e. The molecule has 4 nitrogen and oxygen atoms in total. The minimum absolute atomic E-state index is 0.170. The highest BCUT2D eigenvalue weighted by Gasteiger charge is 2.58. The van der Waals surface area contributed by atoms with E-state index in [0.717, 1.165) is 38.0 Å². The number of hydroxylamine groups is 2. The fourth-order valence-corrected chi connectivity index (χ4v) is 5.51. The van der Waals surface area contributed by atoms with Crippen LogP contribution in [0.25, 0.3) is 0 Å². The highest BCUT2D eigenvalue weighted by Crippen LogP contribution is 2.54. The molecule has 0 radical (unpaired) electrons. The van der Waals surface area contributed by atoms with E-state index >= 15 is 0 Å². The first kappa shape index (κ1) is 17.9. The zero-order chi connectivity index (χ0) is 17.3. The summed E-state index contributed by atoms with van der Waals surface area (Å²) in [5, 5.41) is 5.61. The highest BCUT2D eigenvalue weighted by molar-refractivity contribution is 5.77. The Morgan fingerprint density at radius 3 is 2.50 bits per heavy atom. The van der Waals surface area contributed by atoms with Gasteiger partial charge in [-0.15, -0.1) is 0 Å². The lowest BCUT2D eigenvalue weighted by atomic mass is 9.56. The van der Waals surface area contributed by atoms with Gasteiger partial charge in [-0.2, -0.15) is 5.06 Å². The average Bonchev–Trinajstić information content (AvgIpc) is 2.48. The Labute approximate surface area is 147 Å². The van der Waals surface area contributed by atoms with Gasteiger partial charge in [0.1, 0.15) is 0 Å². The van der Waals surface area contributed by atoms with Crippen LogP contribution in [0.15, 0.2) is 12.2 Å². The first-order valence-electron chi connectivity index (χ1n) is 9.71. The molecular formula is C20H34N2O2. The van der Waals surface area contributed by atoms with Gasteiger partial charge in [-0.25, -0.2) is 0 Å². The lowest BCUT2D eigenvalue weighted by Gasteiger charge is -2.63. The molecule has 2 heterocycles. The lowest BCUT2D eigenvalue weighted by Crippen LogP contribution is -2.70. The predicted octanol–water partition coefficient (Wildman–Crippen LogP) is 3.68. The first-order valence-corrected chi connectivity index (χ1v) is 9.71. The Balaban J connectivity index is 1.50. The minimum Gasteiger partial charge on any atom is -0.353 e. The number of nitrogens with one attached hydrogen (secondary N) is 1. The summed E-state index contributed by atoms with van der Waals surface area (Å²) in [5.74, 6) is 2.16. The molecule has 4 aliphatic rings. The third-order valence-electron chi connectivity index (χ3n) is 6.34. The van der Waals surface area contributed by atoms with E-state index in [2.05, 4.69) is 37.2 Å². The standard InChI is InChI=1S/C20H34N2O2/c1-14(2)8-6-5-7-9-18(23)21-19-15-10-17-11-16(19)13-20(3,12-15)22(17)24-4/h5,7,14-17,19H,6,8-13H2,1-4H3,(H,21,23)/b7-5+/t15-,16+,17?,19?,20+. The second-order valence-electron chi connectivity index (χ2n) is 8.80. The van der Waals surface area contributed by atoms with E-state index in [1.54, 1.807) is 7.11 Å². The quantitative estimate of drug-likeness (QED) is 0.722. The number of piperidine rings is 2. The zero-order valence-corrected chi connectivity index (χ0v) is 15.8. The lowest BCUT2D eigenvalue weighted by molar-refractivity contribution is -0.291. The summed E-state index contributed by atoms with van der Waals surface area (Å²) in [6.45, 7) is 6.80. The van der Waals surface area contributed by atoms with Crippen molar-refractivity contribution in [2.24, 2.45) is 17.8 Å². The van der Waals surface area contributed by atoms with Gasteiger partial charge in [0.25, 0.3) is 0 Å². The van der Waals surface area contributed by atoms with Gasteiger partial charge in [0.05, 0.1) is 7.11 Å². The van der Waals surface area contributed by atoms with Crippen molar-refractivity contribution in [2.75, 3.05) is 7.11 Å².